The molecule has 0 radical (unpaired) electrons. The van der Waals surface area contributed by atoms with Gasteiger partial charge in [0.15, 0.2) is 0 Å². The van der Waals surface area contributed by atoms with Gasteiger partial charge in [-0.05, 0) is 39.3 Å². The molecule has 1 fully saturated rings. The lowest BCUT2D eigenvalue weighted by atomic mass is 9.92. The first-order chi connectivity index (χ1) is 8.04. The van der Waals surface area contributed by atoms with Crippen LogP contribution in [0.2, 0.25) is 0 Å². The Hall–Kier alpha value is -0.120. The highest BCUT2D eigenvalue weighted by molar-refractivity contribution is 4.87. The first kappa shape index (κ1) is 14.9. The van der Waals surface area contributed by atoms with Crippen LogP contribution >= 0.6 is 0 Å². The Bertz CT molecular complexity index is 222. The van der Waals surface area contributed by atoms with E-state index in [-0.39, 0.29) is 5.60 Å². The maximum absolute atomic E-state index is 5.65. The number of ether oxygens (including phenoxy) is 1. The molecule has 1 rings (SSSR count). The summed E-state index contributed by atoms with van der Waals surface area (Å²) in [4.78, 5) is 2.56. The SMILES string of the molecule is CCC(C)C(CN1CCCC(C)(OC)C1)NC. The highest BCUT2D eigenvalue weighted by atomic mass is 16.5. The van der Waals surface area contributed by atoms with Crippen LogP contribution in [0, 0.1) is 5.92 Å². The van der Waals surface area contributed by atoms with Crippen molar-refractivity contribution < 1.29 is 4.74 Å². The van der Waals surface area contributed by atoms with E-state index in [1.165, 1.54) is 25.8 Å². The van der Waals surface area contributed by atoms with E-state index >= 15 is 0 Å². The van der Waals surface area contributed by atoms with Gasteiger partial charge < -0.3 is 10.1 Å². The van der Waals surface area contributed by atoms with E-state index in [0.29, 0.717) is 6.04 Å². The summed E-state index contributed by atoms with van der Waals surface area (Å²) >= 11 is 0. The zero-order valence-electron chi connectivity index (χ0n) is 12.3. The molecule has 1 aliphatic heterocycles. The van der Waals surface area contributed by atoms with Crippen LogP contribution in [0.5, 0.6) is 0 Å². The lowest BCUT2D eigenvalue weighted by molar-refractivity contribution is -0.0532. The van der Waals surface area contributed by atoms with Crippen molar-refractivity contribution in [1.82, 2.24) is 10.2 Å². The number of hydrogen-bond donors (Lipinski definition) is 1. The lowest BCUT2D eigenvalue weighted by Crippen LogP contribution is -2.52. The van der Waals surface area contributed by atoms with Crippen LogP contribution < -0.4 is 5.32 Å². The first-order valence-corrected chi connectivity index (χ1v) is 6.99. The van der Waals surface area contributed by atoms with Crippen molar-refractivity contribution in [2.75, 3.05) is 33.8 Å². The molecule has 3 heteroatoms. The van der Waals surface area contributed by atoms with Crippen LogP contribution in [-0.4, -0.2) is 50.3 Å². The van der Waals surface area contributed by atoms with Crippen LogP contribution in [0.25, 0.3) is 0 Å². The van der Waals surface area contributed by atoms with Gasteiger partial charge in [-0.2, -0.15) is 0 Å². The Kier molecular flexibility index (Phi) is 5.90. The highest BCUT2D eigenvalue weighted by Crippen LogP contribution is 2.24. The molecule has 102 valence electrons. The molecule has 3 atom stereocenters. The van der Waals surface area contributed by atoms with Gasteiger partial charge in [-0.3, -0.25) is 4.90 Å². The minimum atomic E-state index is 0.0615. The van der Waals surface area contributed by atoms with Crippen molar-refractivity contribution in [1.29, 1.82) is 0 Å². The fourth-order valence-corrected chi connectivity index (χ4v) is 2.75. The van der Waals surface area contributed by atoms with E-state index in [4.69, 9.17) is 4.74 Å². The molecular weight excluding hydrogens is 212 g/mol. The minimum Gasteiger partial charge on any atom is -0.377 e. The van der Waals surface area contributed by atoms with E-state index in [1.807, 2.05) is 7.11 Å². The van der Waals surface area contributed by atoms with Crippen molar-refractivity contribution in [3.63, 3.8) is 0 Å². The van der Waals surface area contributed by atoms with Crippen molar-refractivity contribution >= 4 is 0 Å². The average Bonchev–Trinajstić information content (AvgIpc) is 2.35. The number of methoxy groups -OCH3 is 1. The molecule has 1 aliphatic rings. The third kappa shape index (κ3) is 4.23. The summed E-state index contributed by atoms with van der Waals surface area (Å²) in [5, 5.41) is 3.46. The summed E-state index contributed by atoms with van der Waals surface area (Å²) in [6, 6.07) is 0.596. The summed E-state index contributed by atoms with van der Waals surface area (Å²) in [6.07, 6.45) is 3.68. The van der Waals surface area contributed by atoms with E-state index in [0.717, 1.165) is 19.0 Å². The second-order valence-electron chi connectivity index (χ2n) is 5.77. The minimum absolute atomic E-state index is 0.0615. The molecule has 0 aromatic carbocycles. The summed E-state index contributed by atoms with van der Waals surface area (Å²) in [5.41, 5.74) is 0.0615. The Balaban J connectivity index is 2.49. The Morgan fingerprint density at radius 2 is 2.18 bits per heavy atom. The molecule has 1 saturated heterocycles. The molecular formula is C14H30N2O. The standard InChI is InChI=1S/C14H30N2O/c1-6-12(2)13(15-4)10-16-9-7-8-14(3,11-16)17-5/h12-13,15H,6-11H2,1-5H3. The van der Waals surface area contributed by atoms with Gasteiger partial charge in [-0.25, -0.2) is 0 Å². The largest absolute Gasteiger partial charge is 0.377 e. The maximum atomic E-state index is 5.65. The number of likely N-dealkylation sites (N-methyl/N-ethyl adjacent to an activating group) is 1. The highest BCUT2D eigenvalue weighted by Gasteiger charge is 2.31. The molecule has 3 unspecified atom stereocenters. The molecule has 0 amide bonds. The van der Waals surface area contributed by atoms with Crippen molar-refractivity contribution in [2.24, 2.45) is 5.92 Å². The molecule has 17 heavy (non-hydrogen) atoms. The third-order valence-electron chi connectivity index (χ3n) is 4.39. The zero-order valence-corrected chi connectivity index (χ0v) is 12.3. The summed E-state index contributed by atoms with van der Waals surface area (Å²) in [5.74, 6) is 0.732. The van der Waals surface area contributed by atoms with E-state index < -0.39 is 0 Å². The molecule has 1 heterocycles. The Labute approximate surface area is 107 Å². The molecule has 0 aromatic rings. The fourth-order valence-electron chi connectivity index (χ4n) is 2.75. The van der Waals surface area contributed by atoms with Gasteiger partial charge >= 0.3 is 0 Å². The summed E-state index contributed by atoms with van der Waals surface area (Å²) in [7, 11) is 3.92. The zero-order chi connectivity index (χ0) is 12.9. The monoisotopic (exact) mass is 242 g/mol. The molecule has 0 spiro atoms. The fraction of sp³-hybridized carbons (Fsp3) is 1.00. The lowest BCUT2D eigenvalue weighted by Gasteiger charge is -2.41. The van der Waals surface area contributed by atoms with Crippen molar-refractivity contribution in [3.05, 3.63) is 0 Å². The molecule has 3 nitrogen and oxygen atoms in total. The van der Waals surface area contributed by atoms with E-state index in [2.05, 4.69) is 38.0 Å². The van der Waals surface area contributed by atoms with Crippen LogP contribution in [-0.2, 0) is 4.74 Å². The summed E-state index contributed by atoms with van der Waals surface area (Å²) < 4.78 is 5.65. The predicted octanol–water partition coefficient (Wildman–Crippen LogP) is 2.12. The molecule has 0 aliphatic carbocycles. The normalized spacial score (nSPS) is 30.2. The second-order valence-corrected chi connectivity index (χ2v) is 5.77. The number of hydrogen-bond acceptors (Lipinski definition) is 3. The topological polar surface area (TPSA) is 24.5 Å². The second kappa shape index (κ2) is 6.72. The van der Waals surface area contributed by atoms with Crippen molar-refractivity contribution in [2.45, 2.75) is 51.7 Å². The van der Waals surface area contributed by atoms with Gasteiger partial charge in [0.05, 0.1) is 5.60 Å². The maximum Gasteiger partial charge on any atom is 0.0777 e. The van der Waals surface area contributed by atoms with E-state index in [9.17, 15) is 0 Å². The number of likely N-dealkylation sites (tertiary alicyclic amines) is 1. The number of nitrogens with one attached hydrogen (secondary N) is 1. The van der Waals surface area contributed by atoms with Gasteiger partial charge in [0.1, 0.15) is 0 Å². The molecule has 0 aromatic heterocycles. The van der Waals surface area contributed by atoms with Crippen LogP contribution in [0.1, 0.15) is 40.0 Å². The smallest absolute Gasteiger partial charge is 0.0777 e. The quantitative estimate of drug-likeness (QED) is 0.772. The Morgan fingerprint density at radius 1 is 1.47 bits per heavy atom. The number of nitrogens with zero attached hydrogens (tertiary/aromatic N) is 1. The number of piperidine rings is 1. The Morgan fingerprint density at radius 3 is 2.71 bits per heavy atom. The summed E-state index contributed by atoms with van der Waals surface area (Å²) in [6.45, 7) is 10.3. The number of rotatable bonds is 6. The van der Waals surface area contributed by atoms with Gasteiger partial charge in [-0.1, -0.05) is 20.3 Å². The molecule has 0 saturated carbocycles. The first-order valence-electron chi connectivity index (χ1n) is 6.99. The van der Waals surface area contributed by atoms with Crippen LogP contribution in [0.3, 0.4) is 0 Å². The van der Waals surface area contributed by atoms with Crippen LogP contribution in [0.4, 0.5) is 0 Å². The van der Waals surface area contributed by atoms with Crippen molar-refractivity contribution in [3.8, 4) is 0 Å². The predicted molar refractivity (Wildman–Crippen MR) is 73.4 cm³/mol. The van der Waals surface area contributed by atoms with E-state index in [1.54, 1.807) is 0 Å². The third-order valence-corrected chi connectivity index (χ3v) is 4.39. The molecule has 0 bridgehead atoms. The average molecular weight is 242 g/mol. The van der Waals surface area contributed by atoms with Crippen LogP contribution in [0.15, 0.2) is 0 Å². The molecule has 1 N–H and O–H groups in total. The van der Waals surface area contributed by atoms with Gasteiger partial charge in [0.25, 0.3) is 0 Å². The van der Waals surface area contributed by atoms with Gasteiger partial charge in [0, 0.05) is 26.2 Å². The van der Waals surface area contributed by atoms with Gasteiger partial charge in [0.2, 0.25) is 0 Å². The van der Waals surface area contributed by atoms with Gasteiger partial charge in [-0.15, -0.1) is 0 Å².